The van der Waals surface area contributed by atoms with E-state index in [2.05, 4.69) is 18.0 Å². The van der Waals surface area contributed by atoms with Gasteiger partial charge in [-0.15, -0.1) is 0 Å². The molecule has 2 heteroatoms. The molecule has 1 fully saturated rings. The summed E-state index contributed by atoms with van der Waals surface area (Å²) in [6.45, 7) is 1.67. The molecule has 2 aliphatic rings. The number of ketones is 1. The third-order valence-corrected chi connectivity index (χ3v) is 3.39. The zero-order valence-electron chi connectivity index (χ0n) is 8.42. The normalized spacial score (nSPS) is 32.8. The Morgan fingerprint density at radius 1 is 1.46 bits per heavy atom. The molecule has 1 heterocycles. The molecule has 0 radical (unpaired) electrons. The number of hydrogen-bond acceptors (Lipinski definition) is 2. The number of carbonyl (C=O) groups is 1. The minimum absolute atomic E-state index is 0.219. The van der Waals surface area contributed by atoms with Gasteiger partial charge in [-0.1, -0.05) is 18.9 Å². The lowest BCUT2D eigenvalue weighted by Gasteiger charge is -2.31. The van der Waals surface area contributed by atoms with Crippen molar-refractivity contribution in [1.29, 1.82) is 0 Å². The monoisotopic (exact) mass is 179 g/mol. The highest BCUT2D eigenvalue weighted by atomic mass is 16.1. The van der Waals surface area contributed by atoms with Crippen LogP contribution < -0.4 is 0 Å². The summed E-state index contributed by atoms with van der Waals surface area (Å²) >= 11 is 0. The zero-order valence-corrected chi connectivity index (χ0v) is 8.42. The Morgan fingerprint density at radius 2 is 2.15 bits per heavy atom. The standard InChI is InChI=1S/C11H17NO/c1-8(13)11-7-9-5-3-4-6-10(9)12(11)2/h7,9-10H,3-6H2,1-2H3. The molecule has 0 spiro atoms. The molecule has 0 bridgehead atoms. The molecular weight excluding hydrogens is 162 g/mol. The molecule has 1 saturated carbocycles. The second kappa shape index (κ2) is 3.17. The van der Waals surface area contributed by atoms with E-state index in [1.807, 2.05) is 0 Å². The molecule has 72 valence electrons. The van der Waals surface area contributed by atoms with Crippen molar-refractivity contribution in [2.24, 2.45) is 5.92 Å². The summed E-state index contributed by atoms with van der Waals surface area (Å²) in [6, 6.07) is 0.618. The van der Waals surface area contributed by atoms with Gasteiger partial charge >= 0.3 is 0 Å². The number of fused-ring (bicyclic) bond motifs is 1. The fourth-order valence-electron chi connectivity index (χ4n) is 2.68. The maximum Gasteiger partial charge on any atom is 0.175 e. The number of allylic oxidation sites excluding steroid dienone is 1. The van der Waals surface area contributed by atoms with Crippen molar-refractivity contribution in [3.05, 3.63) is 11.8 Å². The molecule has 2 rings (SSSR count). The van der Waals surface area contributed by atoms with Crippen LogP contribution in [0.5, 0.6) is 0 Å². The fraction of sp³-hybridized carbons (Fsp3) is 0.727. The molecule has 2 nitrogen and oxygen atoms in total. The maximum atomic E-state index is 11.3. The molecule has 2 atom stereocenters. The molecule has 1 aliphatic carbocycles. The van der Waals surface area contributed by atoms with E-state index >= 15 is 0 Å². The summed E-state index contributed by atoms with van der Waals surface area (Å²) in [5.74, 6) is 0.870. The number of hydrogen-bond donors (Lipinski definition) is 0. The van der Waals surface area contributed by atoms with E-state index in [9.17, 15) is 4.79 Å². The number of carbonyl (C=O) groups excluding carboxylic acids is 1. The second-order valence-corrected chi connectivity index (χ2v) is 4.23. The Hall–Kier alpha value is -0.790. The molecule has 0 saturated heterocycles. The third kappa shape index (κ3) is 1.38. The first-order chi connectivity index (χ1) is 6.20. The molecule has 0 aromatic carbocycles. The average Bonchev–Trinajstić information content (AvgIpc) is 2.45. The first kappa shape index (κ1) is 8.79. The Morgan fingerprint density at radius 3 is 2.77 bits per heavy atom. The molecule has 0 aromatic heterocycles. The van der Waals surface area contributed by atoms with E-state index in [1.165, 1.54) is 25.7 Å². The van der Waals surface area contributed by atoms with Gasteiger partial charge in [-0.25, -0.2) is 0 Å². The first-order valence-corrected chi connectivity index (χ1v) is 5.15. The number of likely N-dealkylation sites (N-methyl/N-ethyl adjacent to an activating group) is 1. The van der Waals surface area contributed by atoms with Gasteiger partial charge in [-0.3, -0.25) is 4.79 Å². The molecule has 2 unspecified atom stereocenters. The predicted molar refractivity (Wildman–Crippen MR) is 52.3 cm³/mol. The Bertz CT molecular complexity index is 257. The molecule has 0 amide bonds. The van der Waals surface area contributed by atoms with Gasteiger partial charge < -0.3 is 4.90 Å². The van der Waals surface area contributed by atoms with Crippen LogP contribution in [0.1, 0.15) is 32.6 Å². The van der Waals surface area contributed by atoms with Crippen LogP contribution in [0.15, 0.2) is 11.8 Å². The number of Topliss-reactive ketones (excluding diaryl/α,β-unsaturated/α-hetero) is 1. The van der Waals surface area contributed by atoms with E-state index in [4.69, 9.17) is 0 Å². The molecule has 0 aromatic rings. The lowest BCUT2D eigenvalue weighted by molar-refractivity contribution is -0.115. The van der Waals surface area contributed by atoms with Gasteiger partial charge in [0, 0.05) is 20.0 Å². The Labute approximate surface area is 79.6 Å². The topological polar surface area (TPSA) is 20.3 Å². The quantitative estimate of drug-likeness (QED) is 0.613. The highest BCUT2D eigenvalue weighted by molar-refractivity contribution is 5.93. The number of nitrogens with zero attached hydrogens (tertiary/aromatic N) is 1. The van der Waals surface area contributed by atoms with E-state index < -0.39 is 0 Å². The van der Waals surface area contributed by atoms with Crippen LogP contribution in [-0.2, 0) is 4.79 Å². The average molecular weight is 179 g/mol. The molecule has 1 aliphatic heterocycles. The predicted octanol–water partition coefficient (Wildman–Crippen LogP) is 1.96. The van der Waals surface area contributed by atoms with Crippen molar-refractivity contribution in [2.45, 2.75) is 38.6 Å². The van der Waals surface area contributed by atoms with Crippen molar-refractivity contribution in [3.63, 3.8) is 0 Å². The fourth-order valence-corrected chi connectivity index (χ4v) is 2.68. The van der Waals surface area contributed by atoms with E-state index in [-0.39, 0.29) is 5.78 Å². The summed E-state index contributed by atoms with van der Waals surface area (Å²) in [5, 5.41) is 0. The molecule has 13 heavy (non-hydrogen) atoms. The maximum absolute atomic E-state index is 11.3. The van der Waals surface area contributed by atoms with Crippen LogP contribution in [0.2, 0.25) is 0 Å². The first-order valence-electron chi connectivity index (χ1n) is 5.15. The zero-order chi connectivity index (χ0) is 9.42. The summed E-state index contributed by atoms with van der Waals surface area (Å²) in [4.78, 5) is 13.5. The summed E-state index contributed by atoms with van der Waals surface area (Å²) < 4.78 is 0. The van der Waals surface area contributed by atoms with Crippen LogP contribution >= 0.6 is 0 Å². The summed E-state index contributed by atoms with van der Waals surface area (Å²) in [6.07, 6.45) is 7.37. The third-order valence-electron chi connectivity index (χ3n) is 3.39. The van der Waals surface area contributed by atoms with Gasteiger partial charge in [0.25, 0.3) is 0 Å². The van der Waals surface area contributed by atoms with E-state index in [0.29, 0.717) is 12.0 Å². The van der Waals surface area contributed by atoms with Crippen molar-refractivity contribution >= 4 is 5.78 Å². The van der Waals surface area contributed by atoms with Gasteiger partial charge in [-0.2, -0.15) is 0 Å². The van der Waals surface area contributed by atoms with Gasteiger partial charge in [0.2, 0.25) is 0 Å². The Kier molecular flexibility index (Phi) is 2.14. The Balaban J connectivity index is 2.19. The van der Waals surface area contributed by atoms with Crippen molar-refractivity contribution in [3.8, 4) is 0 Å². The lowest BCUT2D eigenvalue weighted by atomic mass is 9.86. The lowest BCUT2D eigenvalue weighted by Crippen LogP contribution is -2.34. The summed E-state index contributed by atoms with van der Waals surface area (Å²) in [5.41, 5.74) is 0.942. The SMILES string of the molecule is CC(=O)C1=CC2CCCCC2N1C. The minimum Gasteiger partial charge on any atom is -0.368 e. The van der Waals surface area contributed by atoms with Crippen molar-refractivity contribution in [1.82, 2.24) is 4.90 Å². The van der Waals surface area contributed by atoms with E-state index in [0.717, 1.165) is 5.70 Å². The summed E-state index contributed by atoms with van der Waals surface area (Å²) in [7, 11) is 2.06. The smallest absolute Gasteiger partial charge is 0.175 e. The van der Waals surface area contributed by atoms with Crippen LogP contribution in [0.4, 0.5) is 0 Å². The number of rotatable bonds is 1. The highest BCUT2D eigenvalue weighted by Gasteiger charge is 2.34. The second-order valence-electron chi connectivity index (χ2n) is 4.23. The highest BCUT2D eigenvalue weighted by Crippen LogP contribution is 2.36. The van der Waals surface area contributed by atoms with Gasteiger partial charge in [0.05, 0.1) is 5.70 Å². The van der Waals surface area contributed by atoms with E-state index in [1.54, 1.807) is 6.92 Å². The van der Waals surface area contributed by atoms with Crippen LogP contribution in [-0.4, -0.2) is 23.8 Å². The molecular formula is C11H17NO. The van der Waals surface area contributed by atoms with Gasteiger partial charge in [0.15, 0.2) is 5.78 Å². The van der Waals surface area contributed by atoms with Crippen molar-refractivity contribution in [2.75, 3.05) is 7.05 Å². The van der Waals surface area contributed by atoms with Gasteiger partial charge in [-0.05, 0) is 18.8 Å². The van der Waals surface area contributed by atoms with Gasteiger partial charge in [0.1, 0.15) is 0 Å². The van der Waals surface area contributed by atoms with Crippen LogP contribution in [0.25, 0.3) is 0 Å². The largest absolute Gasteiger partial charge is 0.368 e. The van der Waals surface area contributed by atoms with Crippen LogP contribution in [0, 0.1) is 5.92 Å². The van der Waals surface area contributed by atoms with Crippen LogP contribution in [0.3, 0.4) is 0 Å². The van der Waals surface area contributed by atoms with Crippen molar-refractivity contribution < 1.29 is 4.79 Å². The minimum atomic E-state index is 0.219. The molecule has 0 N–H and O–H groups in total.